The standard InChI is InChI=1S/C18H20FNO3/c1-4-16(12-5-8-14(22-2)9-6-12)20-18(21)15-11-13(19)7-10-17(15)23-3/h5-11,16H,4H2,1-3H3,(H,20,21). The van der Waals surface area contributed by atoms with Crippen molar-refractivity contribution in [2.45, 2.75) is 19.4 Å². The Kier molecular flexibility index (Phi) is 5.57. The molecule has 0 aliphatic heterocycles. The highest BCUT2D eigenvalue weighted by Crippen LogP contribution is 2.23. The maximum absolute atomic E-state index is 13.4. The molecule has 0 saturated heterocycles. The second-order valence-corrected chi connectivity index (χ2v) is 5.05. The maximum Gasteiger partial charge on any atom is 0.255 e. The van der Waals surface area contributed by atoms with Crippen molar-refractivity contribution in [3.8, 4) is 11.5 Å². The van der Waals surface area contributed by atoms with Gasteiger partial charge in [-0.2, -0.15) is 0 Å². The van der Waals surface area contributed by atoms with Crippen LogP contribution >= 0.6 is 0 Å². The lowest BCUT2D eigenvalue weighted by molar-refractivity contribution is 0.0932. The van der Waals surface area contributed by atoms with E-state index >= 15 is 0 Å². The van der Waals surface area contributed by atoms with Gasteiger partial charge in [0.2, 0.25) is 0 Å². The molecule has 2 aromatic carbocycles. The molecule has 1 atom stereocenters. The van der Waals surface area contributed by atoms with Crippen LogP contribution in [0.3, 0.4) is 0 Å². The van der Waals surface area contributed by atoms with E-state index in [2.05, 4.69) is 5.32 Å². The highest BCUT2D eigenvalue weighted by Gasteiger charge is 2.18. The summed E-state index contributed by atoms with van der Waals surface area (Å²) in [6, 6.07) is 11.2. The molecule has 1 unspecified atom stereocenters. The molecule has 2 aromatic rings. The minimum Gasteiger partial charge on any atom is -0.497 e. The summed E-state index contributed by atoms with van der Waals surface area (Å²) in [5, 5.41) is 2.91. The number of ether oxygens (including phenoxy) is 2. The topological polar surface area (TPSA) is 47.6 Å². The maximum atomic E-state index is 13.4. The van der Waals surface area contributed by atoms with Gasteiger partial charge >= 0.3 is 0 Å². The van der Waals surface area contributed by atoms with Crippen LogP contribution in [0.5, 0.6) is 11.5 Å². The fourth-order valence-electron chi connectivity index (χ4n) is 2.35. The molecule has 0 aromatic heterocycles. The fraction of sp³-hybridized carbons (Fsp3) is 0.278. The number of halogens is 1. The van der Waals surface area contributed by atoms with Gasteiger partial charge in [-0.1, -0.05) is 19.1 Å². The zero-order valence-corrected chi connectivity index (χ0v) is 13.4. The van der Waals surface area contributed by atoms with Crippen molar-refractivity contribution in [3.63, 3.8) is 0 Å². The van der Waals surface area contributed by atoms with E-state index in [4.69, 9.17) is 9.47 Å². The second kappa shape index (κ2) is 7.63. The van der Waals surface area contributed by atoms with Crippen LogP contribution in [0, 0.1) is 5.82 Å². The summed E-state index contributed by atoms with van der Waals surface area (Å²) in [4.78, 5) is 12.5. The SMILES string of the molecule is CCC(NC(=O)c1cc(F)ccc1OC)c1ccc(OC)cc1. The Balaban J connectivity index is 2.20. The molecule has 0 fully saturated rings. The lowest BCUT2D eigenvalue weighted by atomic mass is 10.0. The smallest absolute Gasteiger partial charge is 0.255 e. The summed E-state index contributed by atoms with van der Waals surface area (Å²) in [5.41, 5.74) is 1.14. The van der Waals surface area contributed by atoms with Crippen LogP contribution in [-0.4, -0.2) is 20.1 Å². The van der Waals surface area contributed by atoms with Gasteiger partial charge in [0.25, 0.3) is 5.91 Å². The van der Waals surface area contributed by atoms with Gasteiger partial charge in [-0.05, 0) is 42.3 Å². The minimum atomic E-state index is -0.478. The summed E-state index contributed by atoms with van der Waals surface area (Å²) in [5.74, 6) is 0.243. The first kappa shape index (κ1) is 16.8. The van der Waals surface area contributed by atoms with Crippen molar-refractivity contribution in [3.05, 3.63) is 59.4 Å². The van der Waals surface area contributed by atoms with E-state index in [1.165, 1.54) is 25.3 Å². The normalized spacial score (nSPS) is 11.7. The molecule has 122 valence electrons. The molecule has 23 heavy (non-hydrogen) atoms. The van der Waals surface area contributed by atoms with Gasteiger partial charge in [-0.3, -0.25) is 4.79 Å². The Bertz CT molecular complexity index is 670. The number of carbonyl (C=O) groups is 1. The molecule has 0 aliphatic carbocycles. The molecular weight excluding hydrogens is 297 g/mol. The average molecular weight is 317 g/mol. The number of nitrogens with one attached hydrogen (secondary N) is 1. The first-order valence-corrected chi connectivity index (χ1v) is 7.37. The molecule has 2 rings (SSSR count). The first-order chi connectivity index (χ1) is 11.1. The van der Waals surface area contributed by atoms with Crippen molar-refractivity contribution in [1.82, 2.24) is 5.32 Å². The fourth-order valence-corrected chi connectivity index (χ4v) is 2.35. The summed E-state index contributed by atoms with van der Waals surface area (Å²) in [7, 11) is 3.05. The van der Waals surface area contributed by atoms with Crippen LogP contribution in [0.4, 0.5) is 4.39 Å². The zero-order valence-electron chi connectivity index (χ0n) is 13.4. The highest BCUT2D eigenvalue weighted by molar-refractivity contribution is 5.97. The molecule has 0 spiro atoms. The number of hydrogen-bond acceptors (Lipinski definition) is 3. The van der Waals surface area contributed by atoms with Crippen molar-refractivity contribution >= 4 is 5.91 Å². The molecule has 0 saturated carbocycles. The lowest BCUT2D eigenvalue weighted by Crippen LogP contribution is -2.28. The Labute approximate surface area is 135 Å². The van der Waals surface area contributed by atoms with Gasteiger partial charge in [0.15, 0.2) is 0 Å². The molecule has 1 amide bonds. The zero-order chi connectivity index (χ0) is 16.8. The molecule has 0 heterocycles. The quantitative estimate of drug-likeness (QED) is 0.883. The van der Waals surface area contributed by atoms with Gasteiger partial charge in [-0.15, -0.1) is 0 Å². The highest BCUT2D eigenvalue weighted by atomic mass is 19.1. The summed E-state index contributed by atoms with van der Waals surface area (Å²) in [6.45, 7) is 1.97. The van der Waals surface area contributed by atoms with Crippen LogP contribution < -0.4 is 14.8 Å². The van der Waals surface area contributed by atoms with E-state index in [1.807, 2.05) is 31.2 Å². The number of benzene rings is 2. The van der Waals surface area contributed by atoms with Crippen LogP contribution in [0.15, 0.2) is 42.5 Å². The molecule has 0 radical (unpaired) electrons. The third-order valence-corrected chi connectivity index (χ3v) is 3.64. The number of hydrogen-bond donors (Lipinski definition) is 1. The van der Waals surface area contributed by atoms with E-state index in [1.54, 1.807) is 7.11 Å². The van der Waals surface area contributed by atoms with Gasteiger partial charge < -0.3 is 14.8 Å². The molecule has 1 N–H and O–H groups in total. The number of methoxy groups -OCH3 is 2. The van der Waals surface area contributed by atoms with Crippen molar-refractivity contribution in [1.29, 1.82) is 0 Å². The van der Waals surface area contributed by atoms with Gasteiger partial charge in [-0.25, -0.2) is 4.39 Å². The van der Waals surface area contributed by atoms with Crippen molar-refractivity contribution in [2.24, 2.45) is 0 Å². The minimum absolute atomic E-state index is 0.179. The third-order valence-electron chi connectivity index (χ3n) is 3.64. The van der Waals surface area contributed by atoms with Crippen LogP contribution in [0.25, 0.3) is 0 Å². The van der Waals surface area contributed by atoms with E-state index < -0.39 is 5.82 Å². The Morgan fingerprint density at radius 2 is 1.83 bits per heavy atom. The van der Waals surface area contributed by atoms with Crippen LogP contribution in [-0.2, 0) is 0 Å². The second-order valence-electron chi connectivity index (χ2n) is 5.05. The molecule has 0 bridgehead atoms. The van der Waals surface area contributed by atoms with Gasteiger partial charge in [0.1, 0.15) is 17.3 Å². The Morgan fingerprint density at radius 3 is 2.39 bits per heavy atom. The first-order valence-electron chi connectivity index (χ1n) is 7.37. The Hall–Kier alpha value is -2.56. The monoisotopic (exact) mass is 317 g/mol. The molecular formula is C18H20FNO3. The molecule has 4 nitrogen and oxygen atoms in total. The Morgan fingerprint density at radius 1 is 1.13 bits per heavy atom. The number of carbonyl (C=O) groups excluding carboxylic acids is 1. The molecule has 5 heteroatoms. The van der Waals surface area contributed by atoms with Crippen LogP contribution in [0.1, 0.15) is 35.3 Å². The summed E-state index contributed by atoms with van der Waals surface area (Å²) in [6.07, 6.45) is 0.704. The van der Waals surface area contributed by atoms with E-state index in [0.717, 1.165) is 11.3 Å². The summed E-state index contributed by atoms with van der Waals surface area (Å²) < 4.78 is 23.7. The average Bonchev–Trinajstić information content (AvgIpc) is 2.59. The van der Waals surface area contributed by atoms with E-state index in [9.17, 15) is 9.18 Å². The van der Waals surface area contributed by atoms with Crippen molar-refractivity contribution in [2.75, 3.05) is 14.2 Å². The van der Waals surface area contributed by atoms with Crippen LogP contribution in [0.2, 0.25) is 0 Å². The number of rotatable bonds is 6. The third kappa shape index (κ3) is 4.00. The van der Waals surface area contributed by atoms with E-state index in [0.29, 0.717) is 12.2 Å². The van der Waals surface area contributed by atoms with Gasteiger partial charge in [0.05, 0.1) is 25.8 Å². The van der Waals surface area contributed by atoms with Gasteiger partial charge in [0, 0.05) is 0 Å². The van der Waals surface area contributed by atoms with Crippen molar-refractivity contribution < 1.29 is 18.7 Å². The number of amides is 1. The lowest BCUT2D eigenvalue weighted by Gasteiger charge is -2.18. The summed E-state index contributed by atoms with van der Waals surface area (Å²) >= 11 is 0. The molecule has 0 aliphatic rings. The largest absolute Gasteiger partial charge is 0.497 e. The predicted molar refractivity (Wildman–Crippen MR) is 86.4 cm³/mol. The van der Waals surface area contributed by atoms with E-state index in [-0.39, 0.29) is 17.5 Å². The predicted octanol–water partition coefficient (Wildman–Crippen LogP) is 3.72.